The molecule has 0 spiro atoms. The summed E-state index contributed by atoms with van der Waals surface area (Å²) in [5, 5.41) is 2.87. The summed E-state index contributed by atoms with van der Waals surface area (Å²) in [5.41, 5.74) is -0.0416. The summed E-state index contributed by atoms with van der Waals surface area (Å²) in [6, 6.07) is 10.2. The molecule has 1 aromatic rings. The van der Waals surface area contributed by atoms with Crippen molar-refractivity contribution in [1.82, 2.24) is 5.32 Å². The van der Waals surface area contributed by atoms with Crippen LogP contribution in [0.1, 0.15) is 73.3 Å². The summed E-state index contributed by atoms with van der Waals surface area (Å²) >= 11 is 0. The average Bonchev–Trinajstić information content (AvgIpc) is 2.55. The Morgan fingerprint density at radius 2 is 1.43 bits per heavy atom. The van der Waals surface area contributed by atoms with Gasteiger partial charge in [0.2, 0.25) is 0 Å². The zero-order chi connectivity index (χ0) is 21.4. The second kappa shape index (κ2) is 9.94. The van der Waals surface area contributed by atoms with Gasteiger partial charge >= 0.3 is 12.1 Å². The number of esters is 1. The fraction of sp³-hybridized carbons (Fsp3) is 0.652. The van der Waals surface area contributed by atoms with E-state index in [1.54, 1.807) is 0 Å². The number of carbonyl (C=O) groups excluding carboxylic acids is 2. The first-order valence-corrected chi connectivity index (χ1v) is 10.0. The molecule has 1 rings (SSSR count). The predicted octanol–water partition coefficient (Wildman–Crippen LogP) is 5.27. The number of hydrogen-bond donors (Lipinski definition) is 1. The fourth-order valence-corrected chi connectivity index (χ4v) is 2.79. The van der Waals surface area contributed by atoms with Gasteiger partial charge in [0.15, 0.2) is 0 Å². The van der Waals surface area contributed by atoms with Crippen molar-refractivity contribution in [2.24, 2.45) is 5.41 Å². The first-order chi connectivity index (χ1) is 12.8. The van der Waals surface area contributed by atoms with Gasteiger partial charge in [0, 0.05) is 13.0 Å². The second-order valence-corrected chi connectivity index (χ2v) is 9.74. The highest BCUT2D eigenvalue weighted by Crippen LogP contribution is 2.30. The molecule has 0 aliphatic rings. The van der Waals surface area contributed by atoms with Crippen molar-refractivity contribution in [3.05, 3.63) is 35.9 Å². The summed E-state index contributed by atoms with van der Waals surface area (Å²) in [6.07, 6.45) is 2.23. The Labute approximate surface area is 170 Å². The van der Waals surface area contributed by atoms with E-state index in [0.717, 1.165) is 12.8 Å². The Hall–Kier alpha value is -2.04. The van der Waals surface area contributed by atoms with E-state index >= 15 is 0 Å². The number of hydrogen-bond acceptors (Lipinski definition) is 4. The molecule has 1 aromatic carbocycles. The van der Waals surface area contributed by atoms with Crippen LogP contribution in [0.2, 0.25) is 0 Å². The summed E-state index contributed by atoms with van der Waals surface area (Å²) in [6.45, 7) is 13.6. The first kappa shape index (κ1) is 24.0. The molecule has 158 valence electrons. The Morgan fingerprint density at radius 1 is 0.857 bits per heavy atom. The number of benzene rings is 1. The van der Waals surface area contributed by atoms with Crippen molar-refractivity contribution in [3.8, 4) is 0 Å². The zero-order valence-electron chi connectivity index (χ0n) is 18.6. The predicted molar refractivity (Wildman–Crippen MR) is 112 cm³/mol. The van der Waals surface area contributed by atoms with E-state index in [0.29, 0.717) is 19.4 Å². The number of alkyl carbamates (subject to hydrolysis) is 1. The molecule has 1 N–H and O–H groups in total. The smallest absolute Gasteiger partial charge is 0.407 e. The van der Waals surface area contributed by atoms with Gasteiger partial charge in [-0.3, -0.25) is 4.79 Å². The van der Waals surface area contributed by atoms with Crippen molar-refractivity contribution >= 4 is 12.1 Å². The summed E-state index contributed by atoms with van der Waals surface area (Å²) in [5.74, 6) is -0.212. The maximum absolute atomic E-state index is 12.2. The van der Waals surface area contributed by atoms with Crippen molar-refractivity contribution in [2.75, 3.05) is 6.54 Å². The van der Waals surface area contributed by atoms with Crippen LogP contribution < -0.4 is 5.32 Å². The maximum Gasteiger partial charge on any atom is 0.407 e. The number of amides is 1. The Balaban J connectivity index is 2.71. The van der Waals surface area contributed by atoms with E-state index < -0.39 is 17.3 Å². The molecule has 1 atom stereocenters. The van der Waals surface area contributed by atoms with Crippen LogP contribution >= 0.6 is 0 Å². The summed E-state index contributed by atoms with van der Waals surface area (Å²) in [4.78, 5) is 24.3. The standard InChI is InChI=1S/C23H37NO4/c1-21(2,3)27-19(25)14-16-23(7,15-13-18-11-9-8-10-12-18)17-24-20(26)28-22(4,5)6/h8-12H,13-17H2,1-7H3,(H,24,26)/t23-/m1/s1. The molecule has 0 aromatic heterocycles. The van der Waals surface area contributed by atoms with E-state index in [1.165, 1.54) is 5.56 Å². The van der Waals surface area contributed by atoms with Gasteiger partial charge in [0.25, 0.3) is 0 Å². The highest BCUT2D eigenvalue weighted by Gasteiger charge is 2.28. The lowest BCUT2D eigenvalue weighted by atomic mass is 9.80. The molecule has 0 aliphatic heterocycles. The maximum atomic E-state index is 12.2. The molecule has 0 fully saturated rings. The topological polar surface area (TPSA) is 64.6 Å². The van der Waals surface area contributed by atoms with Crippen molar-refractivity contribution in [1.29, 1.82) is 0 Å². The fourth-order valence-electron chi connectivity index (χ4n) is 2.79. The van der Waals surface area contributed by atoms with Crippen LogP contribution in [0, 0.1) is 5.41 Å². The highest BCUT2D eigenvalue weighted by atomic mass is 16.6. The Morgan fingerprint density at radius 3 is 1.96 bits per heavy atom. The third kappa shape index (κ3) is 11.0. The van der Waals surface area contributed by atoms with E-state index in [-0.39, 0.29) is 11.4 Å². The molecule has 0 unspecified atom stereocenters. The zero-order valence-corrected chi connectivity index (χ0v) is 18.6. The highest BCUT2D eigenvalue weighted by molar-refractivity contribution is 5.70. The molecule has 5 nitrogen and oxygen atoms in total. The number of nitrogens with one attached hydrogen (secondary N) is 1. The molecule has 0 aliphatic carbocycles. The minimum atomic E-state index is -0.541. The van der Waals surface area contributed by atoms with Crippen LogP contribution in [-0.4, -0.2) is 29.8 Å². The third-order valence-corrected chi connectivity index (χ3v) is 4.27. The average molecular weight is 392 g/mol. The van der Waals surface area contributed by atoms with Gasteiger partial charge in [-0.2, -0.15) is 0 Å². The number of rotatable bonds is 8. The normalized spacial score (nSPS) is 14.1. The van der Waals surface area contributed by atoms with Crippen molar-refractivity contribution < 1.29 is 19.1 Å². The van der Waals surface area contributed by atoms with Gasteiger partial charge in [-0.15, -0.1) is 0 Å². The molecular formula is C23H37NO4. The van der Waals surface area contributed by atoms with Crippen LogP contribution in [0.4, 0.5) is 4.79 Å². The van der Waals surface area contributed by atoms with Crippen molar-refractivity contribution in [3.63, 3.8) is 0 Å². The van der Waals surface area contributed by atoms with Crippen LogP contribution in [0.5, 0.6) is 0 Å². The molecule has 0 radical (unpaired) electrons. The van der Waals surface area contributed by atoms with Gasteiger partial charge in [0.1, 0.15) is 11.2 Å². The van der Waals surface area contributed by atoms with Crippen LogP contribution in [0.15, 0.2) is 30.3 Å². The van der Waals surface area contributed by atoms with Crippen molar-refractivity contribution in [2.45, 2.75) is 85.4 Å². The molecule has 5 heteroatoms. The van der Waals surface area contributed by atoms with Crippen LogP contribution in [0.25, 0.3) is 0 Å². The van der Waals surface area contributed by atoms with Gasteiger partial charge in [-0.05, 0) is 71.8 Å². The number of aryl methyl sites for hydroxylation is 1. The molecule has 0 bridgehead atoms. The van der Waals surface area contributed by atoms with E-state index in [4.69, 9.17) is 9.47 Å². The molecule has 1 amide bonds. The summed E-state index contributed by atoms with van der Waals surface area (Å²) in [7, 11) is 0. The lowest BCUT2D eigenvalue weighted by molar-refractivity contribution is -0.155. The largest absolute Gasteiger partial charge is 0.460 e. The van der Waals surface area contributed by atoms with Crippen LogP contribution in [-0.2, 0) is 20.7 Å². The first-order valence-electron chi connectivity index (χ1n) is 10.0. The van der Waals surface area contributed by atoms with Crippen LogP contribution in [0.3, 0.4) is 0 Å². The third-order valence-electron chi connectivity index (χ3n) is 4.27. The van der Waals surface area contributed by atoms with E-state index in [2.05, 4.69) is 24.4 Å². The van der Waals surface area contributed by atoms with E-state index in [1.807, 2.05) is 59.7 Å². The lowest BCUT2D eigenvalue weighted by Gasteiger charge is -2.31. The lowest BCUT2D eigenvalue weighted by Crippen LogP contribution is -2.39. The van der Waals surface area contributed by atoms with Gasteiger partial charge in [0.05, 0.1) is 0 Å². The summed E-state index contributed by atoms with van der Waals surface area (Å²) < 4.78 is 10.8. The quantitative estimate of drug-likeness (QED) is 0.613. The Kier molecular flexibility index (Phi) is 8.52. The molecule has 28 heavy (non-hydrogen) atoms. The molecule has 0 saturated carbocycles. The molecular weight excluding hydrogens is 354 g/mol. The monoisotopic (exact) mass is 391 g/mol. The molecule has 0 saturated heterocycles. The SMILES string of the molecule is CC(C)(C)OC(=O)CC[C@@](C)(CCc1ccccc1)CNC(=O)OC(C)(C)C. The minimum Gasteiger partial charge on any atom is -0.460 e. The second-order valence-electron chi connectivity index (χ2n) is 9.74. The number of carbonyl (C=O) groups is 2. The number of ether oxygens (including phenoxy) is 2. The Bertz CT molecular complexity index is 594. The minimum absolute atomic E-state index is 0.212. The molecule has 0 heterocycles. The van der Waals surface area contributed by atoms with Gasteiger partial charge < -0.3 is 14.8 Å². The van der Waals surface area contributed by atoms with Gasteiger partial charge in [-0.1, -0.05) is 37.3 Å². The van der Waals surface area contributed by atoms with E-state index in [9.17, 15) is 9.59 Å². The van der Waals surface area contributed by atoms with Gasteiger partial charge in [-0.25, -0.2) is 4.79 Å².